The molecule has 3 nitrogen and oxygen atoms in total. The Morgan fingerprint density at radius 1 is 1.21 bits per heavy atom. The number of carbonyl (C=O) groups excluding carboxylic acids is 1. The van der Waals surface area contributed by atoms with Crippen LogP contribution in [-0.4, -0.2) is 11.7 Å². The third-order valence-corrected chi connectivity index (χ3v) is 4.88. The molecule has 0 bridgehead atoms. The first-order chi connectivity index (χ1) is 11.6. The van der Waals surface area contributed by atoms with E-state index in [0.717, 1.165) is 33.1 Å². The summed E-state index contributed by atoms with van der Waals surface area (Å²) in [6.07, 6.45) is 0. The van der Waals surface area contributed by atoms with Crippen molar-refractivity contribution >= 4 is 40.2 Å². The second-order valence-corrected chi connectivity index (χ2v) is 7.02. The summed E-state index contributed by atoms with van der Waals surface area (Å²) < 4.78 is 5.78. The van der Waals surface area contributed by atoms with Crippen LogP contribution < -0.4 is 5.32 Å². The van der Waals surface area contributed by atoms with E-state index in [-0.39, 0.29) is 11.9 Å². The maximum absolute atomic E-state index is 12.1. The number of para-hydroxylation sites is 1. The van der Waals surface area contributed by atoms with Gasteiger partial charge in [-0.25, -0.2) is 0 Å². The number of nitrogens with one attached hydrogen (secondary N) is 1. The van der Waals surface area contributed by atoms with E-state index in [0.29, 0.717) is 5.75 Å². The third-order valence-electron chi connectivity index (χ3n) is 3.64. The molecule has 3 rings (SSSR count). The molecule has 0 aliphatic rings. The molecule has 1 amide bonds. The van der Waals surface area contributed by atoms with Gasteiger partial charge in [-0.15, -0.1) is 11.8 Å². The molecule has 5 heteroatoms. The summed E-state index contributed by atoms with van der Waals surface area (Å²) in [6.45, 7) is 1.93. The number of benzene rings is 2. The number of hydrogen-bond donors (Lipinski definition) is 1. The zero-order valence-corrected chi connectivity index (χ0v) is 14.9. The first-order valence-electron chi connectivity index (χ1n) is 7.72. The van der Waals surface area contributed by atoms with Gasteiger partial charge in [0.1, 0.15) is 11.3 Å². The fourth-order valence-electron chi connectivity index (χ4n) is 2.46. The van der Waals surface area contributed by atoms with Gasteiger partial charge in [-0.3, -0.25) is 4.79 Å². The van der Waals surface area contributed by atoms with Gasteiger partial charge in [-0.05, 0) is 36.8 Å². The zero-order chi connectivity index (χ0) is 16.9. The maximum Gasteiger partial charge on any atom is 0.230 e. The van der Waals surface area contributed by atoms with Crippen LogP contribution in [-0.2, 0) is 10.5 Å². The molecule has 1 N–H and O–H groups in total. The number of hydrogen-bond acceptors (Lipinski definition) is 3. The van der Waals surface area contributed by atoms with Crippen molar-refractivity contribution in [1.29, 1.82) is 0 Å². The summed E-state index contributed by atoms with van der Waals surface area (Å²) in [5.41, 5.74) is 1.95. The van der Waals surface area contributed by atoms with Crippen LogP contribution in [0.3, 0.4) is 0 Å². The number of amides is 1. The molecule has 0 unspecified atom stereocenters. The third kappa shape index (κ3) is 4.34. The lowest BCUT2D eigenvalue weighted by Gasteiger charge is -2.11. The molecule has 1 atom stereocenters. The number of thioether (sulfide) groups is 1. The van der Waals surface area contributed by atoms with Crippen molar-refractivity contribution < 1.29 is 9.21 Å². The molecule has 1 aromatic heterocycles. The van der Waals surface area contributed by atoms with E-state index in [1.165, 1.54) is 0 Å². The van der Waals surface area contributed by atoms with Crippen LogP contribution in [0.5, 0.6) is 0 Å². The number of rotatable bonds is 6. The Bertz CT molecular complexity index is 813. The number of halogens is 1. The van der Waals surface area contributed by atoms with Gasteiger partial charge < -0.3 is 9.73 Å². The van der Waals surface area contributed by atoms with E-state index in [4.69, 9.17) is 16.0 Å². The smallest absolute Gasteiger partial charge is 0.230 e. The molecule has 0 spiro atoms. The highest BCUT2D eigenvalue weighted by Gasteiger charge is 2.14. The Morgan fingerprint density at radius 3 is 2.83 bits per heavy atom. The van der Waals surface area contributed by atoms with Crippen molar-refractivity contribution in [3.63, 3.8) is 0 Å². The van der Waals surface area contributed by atoms with Crippen molar-refractivity contribution in [1.82, 2.24) is 5.32 Å². The molecule has 0 saturated carbocycles. The van der Waals surface area contributed by atoms with Crippen LogP contribution in [0.15, 0.2) is 59.0 Å². The minimum absolute atomic E-state index is 0.00464. The second kappa shape index (κ2) is 7.77. The van der Waals surface area contributed by atoms with Gasteiger partial charge in [-0.1, -0.05) is 41.9 Å². The molecule has 1 heterocycles. The predicted molar refractivity (Wildman–Crippen MR) is 100 cm³/mol. The molecule has 0 aliphatic heterocycles. The summed E-state index contributed by atoms with van der Waals surface area (Å²) >= 11 is 7.52. The van der Waals surface area contributed by atoms with Crippen molar-refractivity contribution in [3.8, 4) is 0 Å². The SMILES string of the molecule is C[C@H](NC(=O)CSCc1cccc(Cl)c1)c1cc2ccccc2o1. The summed E-state index contributed by atoms with van der Waals surface area (Å²) in [7, 11) is 0. The fraction of sp³-hybridized carbons (Fsp3) is 0.211. The number of carbonyl (C=O) groups is 1. The van der Waals surface area contributed by atoms with Crippen LogP contribution in [0.1, 0.15) is 24.3 Å². The Hall–Kier alpha value is -1.91. The summed E-state index contributed by atoms with van der Waals surface area (Å²) in [5.74, 6) is 1.92. The van der Waals surface area contributed by atoms with E-state index >= 15 is 0 Å². The van der Waals surface area contributed by atoms with Crippen molar-refractivity contribution in [2.75, 3.05) is 5.75 Å². The zero-order valence-electron chi connectivity index (χ0n) is 13.3. The van der Waals surface area contributed by atoms with Crippen LogP contribution in [0.2, 0.25) is 5.02 Å². The van der Waals surface area contributed by atoms with Crippen LogP contribution in [0, 0.1) is 0 Å². The Kier molecular flexibility index (Phi) is 5.48. The fourth-order valence-corrected chi connectivity index (χ4v) is 3.46. The van der Waals surface area contributed by atoms with E-state index in [9.17, 15) is 4.79 Å². The topological polar surface area (TPSA) is 42.2 Å². The van der Waals surface area contributed by atoms with Gasteiger partial charge >= 0.3 is 0 Å². The predicted octanol–water partition coefficient (Wildman–Crippen LogP) is 5.20. The van der Waals surface area contributed by atoms with E-state index in [1.807, 2.05) is 61.5 Å². The van der Waals surface area contributed by atoms with Crippen molar-refractivity contribution in [3.05, 3.63) is 70.9 Å². The molecule has 0 saturated heterocycles. The van der Waals surface area contributed by atoms with E-state index < -0.39 is 0 Å². The average Bonchev–Trinajstić information content (AvgIpc) is 2.99. The minimum Gasteiger partial charge on any atom is -0.459 e. The van der Waals surface area contributed by atoms with Gasteiger partial charge in [0.2, 0.25) is 5.91 Å². The summed E-state index contributed by atoms with van der Waals surface area (Å²) in [4.78, 5) is 12.1. The van der Waals surface area contributed by atoms with E-state index in [2.05, 4.69) is 5.32 Å². The highest BCUT2D eigenvalue weighted by molar-refractivity contribution is 7.99. The normalized spacial score (nSPS) is 12.2. The molecule has 24 heavy (non-hydrogen) atoms. The molecule has 0 radical (unpaired) electrons. The van der Waals surface area contributed by atoms with Crippen LogP contribution in [0.4, 0.5) is 0 Å². The van der Waals surface area contributed by atoms with E-state index in [1.54, 1.807) is 11.8 Å². The number of fused-ring (bicyclic) bond motifs is 1. The summed E-state index contributed by atoms with van der Waals surface area (Å²) in [5, 5.41) is 4.74. The Balaban J connectivity index is 1.50. The van der Waals surface area contributed by atoms with Gasteiger partial charge in [-0.2, -0.15) is 0 Å². The maximum atomic E-state index is 12.1. The van der Waals surface area contributed by atoms with Gasteiger partial charge in [0.15, 0.2) is 0 Å². The largest absolute Gasteiger partial charge is 0.459 e. The molecule has 124 valence electrons. The Morgan fingerprint density at radius 2 is 2.04 bits per heavy atom. The minimum atomic E-state index is -0.156. The van der Waals surface area contributed by atoms with Crippen LogP contribution in [0.25, 0.3) is 11.0 Å². The molecular weight excluding hydrogens is 342 g/mol. The van der Waals surface area contributed by atoms with Crippen molar-refractivity contribution in [2.24, 2.45) is 0 Å². The lowest BCUT2D eigenvalue weighted by atomic mass is 10.2. The Labute approximate surface area is 150 Å². The molecule has 2 aromatic carbocycles. The molecular formula is C19H18ClNO2S. The quantitative estimate of drug-likeness (QED) is 0.658. The molecule has 3 aromatic rings. The van der Waals surface area contributed by atoms with Gasteiger partial charge in [0.25, 0.3) is 0 Å². The monoisotopic (exact) mass is 359 g/mol. The average molecular weight is 360 g/mol. The van der Waals surface area contributed by atoms with Crippen LogP contribution >= 0.6 is 23.4 Å². The first-order valence-corrected chi connectivity index (χ1v) is 9.25. The van der Waals surface area contributed by atoms with Crippen molar-refractivity contribution in [2.45, 2.75) is 18.7 Å². The summed E-state index contributed by atoms with van der Waals surface area (Å²) in [6, 6.07) is 17.3. The second-order valence-electron chi connectivity index (χ2n) is 5.60. The molecule has 0 aliphatic carbocycles. The highest BCUT2D eigenvalue weighted by atomic mass is 35.5. The van der Waals surface area contributed by atoms with Gasteiger partial charge in [0, 0.05) is 16.2 Å². The van der Waals surface area contributed by atoms with Gasteiger partial charge in [0.05, 0.1) is 11.8 Å². The standard InChI is InChI=1S/C19H18ClNO2S/c1-13(18-10-15-6-2-3-8-17(15)23-18)21-19(22)12-24-11-14-5-4-7-16(20)9-14/h2-10,13H,11-12H2,1H3,(H,21,22)/t13-/m0/s1. The number of furan rings is 1. The highest BCUT2D eigenvalue weighted by Crippen LogP contribution is 2.23. The first kappa shape index (κ1) is 16.9. The lowest BCUT2D eigenvalue weighted by Crippen LogP contribution is -2.27. The molecule has 0 fully saturated rings. The lowest BCUT2D eigenvalue weighted by molar-refractivity contribution is -0.119.